The fraction of sp³-hybridized carbons (Fsp3) is 0.421. The first-order chi connectivity index (χ1) is 20.6. The monoisotopic (exact) mass is 559 g/mol. The first-order valence-electron chi connectivity index (χ1n) is 16.0. The van der Waals surface area contributed by atoms with E-state index in [-0.39, 0.29) is 11.9 Å². The van der Waals surface area contributed by atoms with Gasteiger partial charge < -0.3 is 4.90 Å². The van der Waals surface area contributed by atoms with Crippen LogP contribution in [0.5, 0.6) is 0 Å². The number of carbonyl (C=O) groups is 1. The standard InChI is InChI=1S/C38H45N3O/c1-2-3-5-8-30-11-21-36(22-12-30)38(42)41(37-23-25-40(26-24-37)28-32-9-6-4-7-10-32)29-33-15-19-35(20-16-33)34-17-13-31(27-39)14-18-34/h9,11-22,37H,2-8,10,23-26,28-29H2,1H3. The minimum atomic E-state index is 0.139. The van der Waals surface area contributed by atoms with Crippen molar-refractivity contribution in [2.45, 2.75) is 83.7 Å². The van der Waals surface area contributed by atoms with E-state index in [1.54, 1.807) is 5.57 Å². The van der Waals surface area contributed by atoms with Gasteiger partial charge in [-0.25, -0.2) is 0 Å². The van der Waals surface area contributed by atoms with Crippen LogP contribution >= 0.6 is 0 Å². The van der Waals surface area contributed by atoms with Gasteiger partial charge in [0, 0.05) is 37.8 Å². The highest BCUT2D eigenvalue weighted by Gasteiger charge is 2.29. The molecule has 42 heavy (non-hydrogen) atoms. The van der Waals surface area contributed by atoms with Crippen molar-refractivity contribution in [2.24, 2.45) is 0 Å². The summed E-state index contributed by atoms with van der Waals surface area (Å²) in [5.74, 6) is 0.139. The number of carbonyl (C=O) groups excluding carboxylic acids is 1. The van der Waals surface area contributed by atoms with E-state index in [1.165, 1.54) is 50.5 Å². The molecular weight excluding hydrogens is 514 g/mol. The first kappa shape index (κ1) is 29.8. The van der Waals surface area contributed by atoms with E-state index in [9.17, 15) is 4.79 Å². The molecule has 0 aromatic heterocycles. The Balaban J connectivity index is 1.29. The van der Waals surface area contributed by atoms with Gasteiger partial charge in [-0.15, -0.1) is 0 Å². The summed E-state index contributed by atoms with van der Waals surface area (Å²) in [6.07, 6.45) is 14.4. The molecule has 1 saturated heterocycles. The van der Waals surface area contributed by atoms with Crippen molar-refractivity contribution in [2.75, 3.05) is 19.6 Å². The summed E-state index contributed by atoms with van der Waals surface area (Å²) in [5.41, 5.74) is 7.73. The molecule has 1 amide bonds. The Morgan fingerprint density at radius 3 is 2.17 bits per heavy atom. The Bertz CT molecular complexity index is 1360. The summed E-state index contributed by atoms with van der Waals surface area (Å²) < 4.78 is 0. The molecule has 5 rings (SSSR count). The molecule has 2 aliphatic rings. The van der Waals surface area contributed by atoms with Gasteiger partial charge in [0.2, 0.25) is 0 Å². The van der Waals surface area contributed by atoms with Gasteiger partial charge in [-0.2, -0.15) is 5.26 Å². The maximum Gasteiger partial charge on any atom is 0.254 e. The maximum atomic E-state index is 14.0. The van der Waals surface area contributed by atoms with Crippen molar-refractivity contribution in [1.82, 2.24) is 9.80 Å². The van der Waals surface area contributed by atoms with Crippen LogP contribution in [-0.4, -0.2) is 41.4 Å². The smallest absolute Gasteiger partial charge is 0.254 e. The Morgan fingerprint density at radius 2 is 1.55 bits per heavy atom. The van der Waals surface area contributed by atoms with Gasteiger partial charge in [-0.05, 0) is 97.9 Å². The normalized spacial score (nSPS) is 16.0. The number of likely N-dealkylation sites (tertiary alicyclic amines) is 1. The summed E-state index contributed by atoms with van der Waals surface area (Å²) in [5, 5.41) is 9.11. The highest BCUT2D eigenvalue weighted by Crippen LogP contribution is 2.26. The Morgan fingerprint density at radius 1 is 0.881 bits per heavy atom. The van der Waals surface area contributed by atoms with E-state index in [1.807, 2.05) is 36.4 Å². The molecule has 0 saturated carbocycles. The highest BCUT2D eigenvalue weighted by atomic mass is 16.2. The second-order valence-corrected chi connectivity index (χ2v) is 12.1. The van der Waals surface area contributed by atoms with Gasteiger partial charge in [0.05, 0.1) is 11.6 Å². The Kier molecular flexibility index (Phi) is 10.6. The van der Waals surface area contributed by atoms with Crippen molar-refractivity contribution in [3.63, 3.8) is 0 Å². The van der Waals surface area contributed by atoms with E-state index in [0.717, 1.165) is 61.2 Å². The van der Waals surface area contributed by atoms with E-state index < -0.39 is 0 Å². The molecule has 1 aliphatic carbocycles. The number of piperidine rings is 1. The number of unbranched alkanes of at least 4 members (excludes halogenated alkanes) is 2. The molecule has 0 bridgehead atoms. The molecule has 218 valence electrons. The molecule has 1 fully saturated rings. The molecule has 3 aromatic rings. The first-order valence-corrected chi connectivity index (χ1v) is 16.0. The predicted molar refractivity (Wildman–Crippen MR) is 172 cm³/mol. The average molecular weight is 560 g/mol. The van der Waals surface area contributed by atoms with Crippen molar-refractivity contribution >= 4 is 5.91 Å². The summed E-state index contributed by atoms with van der Waals surface area (Å²) in [4.78, 5) is 18.8. The zero-order valence-corrected chi connectivity index (χ0v) is 25.2. The minimum Gasteiger partial charge on any atom is -0.331 e. The molecular formula is C38H45N3O. The molecule has 4 heteroatoms. The van der Waals surface area contributed by atoms with Gasteiger partial charge in [0.15, 0.2) is 0 Å². The quantitative estimate of drug-likeness (QED) is 0.175. The molecule has 0 atom stereocenters. The third-order valence-corrected chi connectivity index (χ3v) is 8.99. The molecule has 1 aliphatic heterocycles. The van der Waals surface area contributed by atoms with Crippen molar-refractivity contribution in [3.8, 4) is 17.2 Å². The van der Waals surface area contributed by atoms with Crippen LogP contribution in [0.1, 0.15) is 91.8 Å². The lowest BCUT2D eigenvalue weighted by Gasteiger charge is -2.39. The topological polar surface area (TPSA) is 47.3 Å². The van der Waals surface area contributed by atoms with Gasteiger partial charge >= 0.3 is 0 Å². The van der Waals surface area contributed by atoms with Crippen LogP contribution in [0, 0.1) is 11.3 Å². The van der Waals surface area contributed by atoms with Crippen LogP contribution in [0.3, 0.4) is 0 Å². The number of benzene rings is 3. The van der Waals surface area contributed by atoms with Crippen molar-refractivity contribution < 1.29 is 4.79 Å². The number of nitrogens with zero attached hydrogens (tertiary/aromatic N) is 3. The van der Waals surface area contributed by atoms with E-state index in [0.29, 0.717) is 12.1 Å². The molecule has 0 radical (unpaired) electrons. The fourth-order valence-corrected chi connectivity index (χ4v) is 6.39. The number of hydrogen-bond donors (Lipinski definition) is 0. The third-order valence-electron chi connectivity index (χ3n) is 8.99. The van der Waals surface area contributed by atoms with Crippen LogP contribution < -0.4 is 0 Å². The minimum absolute atomic E-state index is 0.139. The lowest BCUT2D eigenvalue weighted by Crippen LogP contribution is -2.47. The number of amides is 1. The summed E-state index contributed by atoms with van der Waals surface area (Å²) in [6, 6.07) is 27.0. The number of aryl methyl sites for hydroxylation is 1. The Hall–Kier alpha value is -3.68. The SMILES string of the molecule is CCCCCc1ccc(C(=O)N(Cc2ccc(-c3ccc(C#N)cc3)cc2)C2CCN(CC3=CCCCC3)CC2)cc1. The molecule has 0 N–H and O–H groups in total. The Labute approximate surface area is 252 Å². The number of nitriles is 1. The molecule has 1 heterocycles. The van der Waals surface area contributed by atoms with Crippen LogP contribution in [0.2, 0.25) is 0 Å². The summed E-state index contributed by atoms with van der Waals surface area (Å²) >= 11 is 0. The van der Waals surface area contributed by atoms with Gasteiger partial charge in [0.25, 0.3) is 5.91 Å². The van der Waals surface area contributed by atoms with Gasteiger partial charge in [-0.3, -0.25) is 9.69 Å². The largest absolute Gasteiger partial charge is 0.331 e. The second kappa shape index (κ2) is 15.0. The number of hydrogen-bond acceptors (Lipinski definition) is 3. The summed E-state index contributed by atoms with van der Waals surface area (Å²) in [7, 11) is 0. The average Bonchev–Trinajstić information content (AvgIpc) is 3.05. The van der Waals surface area contributed by atoms with Crippen LogP contribution in [-0.2, 0) is 13.0 Å². The zero-order chi connectivity index (χ0) is 29.1. The van der Waals surface area contributed by atoms with Crippen LogP contribution in [0.4, 0.5) is 0 Å². The maximum absolute atomic E-state index is 14.0. The highest BCUT2D eigenvalue weighted by molar-refractivity contribution is 5.94. The molecule has 0 unspecified atom stereocenters. The lowest BCUT2D eigenvalue weighted by molar-refractivity contribution is 0.0556. The van der Waals surface area contributed by atoms with E-state index >= 15 is 0 Å². The molecule has 4 nitrogen and oxygen atoms in total. The predicted octanol–water partition coefficient (Wildman–Crippen LogP) is 8.57. The van der Waals surface area contributed by atoms with E-state index in [4.69, 9.17) is 5.26 Å². The van der Waals surface area contributed by atoms with Crippen molar-refractivity contribution in [1.29, 1.82) is 5.26 Å². The van der Waals surface area contributed by atoms with Crippen LogP contribution in [0.25, 0.3) is 11.1 Å². The van der Waals surface area contributed by atoms with Gasteiger partial charge in [0.1, 0.15) is 0 Å². The molecule has 0 spiro atoms. The lowest BCUT2D eigenvalue weighted by atomic mass is 9.96. The van der Waals surface area contributed by atoms with Crippen molar-refractivity contribution in [3.05, 3.63) is 107 Å². The van der Waals surface area contributed by atoms with Crippen LogP contribution in [0.15, 0.2) is 84.4 Å². The van der Waals surface area contributed by atoms with Gasteiger partial charge in [-0.1, -0.05) is 79.9 Å². The fourth-order valence-electron chi connectivity index (χ4n) is 6.39. The second-order valence-electron chi connectivity index (χ2n) is 12.1. The summed E-state index contributed by atoms with van der Waals surface area (Å²) in [6.45, 7) is 6.02. The molecule has 3 aromatic carbocycles. The third kappa shape index (κ3) is 7.99. The zero-order valence-electron chi connectivity index (χ0n) is 25.2. The van der Waals surface area contributed by atoms with E-state index in [2.05, 4.69) is 65.3 Å². The number of allylic oxidation sites excluding steroid dienone is 1. The number of rotatable bonds is 11.